The third kappa shape index (κ3) is 8.33. The number of amides is 2. The molecule has 0 spiro atoms. The molecule has 40 heavy (non-hydrogen) atoms. The van der Waals surface area contributed by atoms with Crippen LogP contribution in [0, 0.1) is 17.8 Å². The van der Waals surface area contributed by atoms with Gasteiger partial charge in [-0.15, -0.1) is 0 Å². The number of methoxy groups -OCH3 is 3. The highest BCUT2D eigenvalue weighted by Gasteiger charge is 2.36. The van der Waals surface area contributed by atoms with E-state index in [2.05, 4.69) is 5.32 Å². The Morgan fingerprint density at radius 2 is 1.62 bits per heavy atom. The predicted octanol–water partition coefficient (Wildman–Crippen LogP) is 3.33. The van der Waals surface area contributed by atoms with Crippen LogP contribution in [0.15, 0.2) is 58.9 Å². The number of carbonyl (C=O) groups is 4. The summed E-state index contributed by atoms with van der Waals surface area (Å²) in [5.74, 6) is -2.19. The lowest BCUT2D eigenvalue weighted by Gasteiger charge is -2.34. The Bertz CT molecular complexity index is 1130. The van der Waals surface area contributed by atoms with Crippen molar-refractivity contribution in [2.75, 3.05) is 21.3 Å². The molecule has 1 aliphatic carbocycles. The minimum atomic E-state index is -0.902. The molecule has 10 heteroatoms. The standard InChI is InChI=1S/C30H42N2O8/c1-16-10-9-11-17(2)29(35)32-23-15-21(33)14-22(25(23)34)27(38-7)20(5)13-24(37-6)28(39-8)19(4)12-18(3)26(16)40-30(31)36/h9-12,14-16,19-20,24,26-28H,13H2,1-8H3,(H2,31,36)(H,32,35)/t16-,19-,20-,24-,26+,27+,28-/m0/s1. The Hall–Kier alpha value is -3.34. The summed E-state index contributed by atoms with van der Waals surface area (Å²) in [6, 6.07) is 0. The first-order chi connectivity index (χ1) is 18.8. The fourth-order valence-corrected chi connectivity index (χ4v) is 5.27. The second-order valence-electron chi connectivity index (χ2n) is 10.4. The van der Waals surface area contributed by atoms with Crippen molar-refractivity contribution in [3.05, 3.63) is 58.9 Å². The van der Waals surface area contributed by atoms with Crippen molar-refractivity contribution in [2.24, 2.45) is 23.5 Å². The average molecular weight is 559 g/mol. The van der Waals surface area contributed by atoms with E-state index in [1.54, 1.807) is 39.4 Å². The number of rotatable bonds is 4. The molecule has 0 aromatic carbocycles. The smallest absolute Gasteiger partial charge is 0.405 e. The van der Waals surface area contributed by atoms with Gasteiger partial charge < -0.3 is 30.0 Å². The van der Waals surface area contributed by atoms with Crippen molar-refractivity contribution in [2.45, 2.75) is 65.5 Å². The summed E-state index contributed by atoms with van der Waals surface area (Å²) < 4.78 is 22.9. The fourth-order valence-electron chi connectivity index (χ4n) is 5.27. The molecule has 1 aliphatic heterocycles. The Morgan fingerprint density at radius 1 is 0.950 bits per heavy atom. The number of fused-ring (bicyclic) bond motifs is 2. The summed E-state index contributed by atoms with van der Waals surface area (Å²) >= 11 is 0. The second kappa shape index (κ2) is 14.9. The number of carbonyl (C=O) groups excluding carboxylic acids is 4. The van der Waals surface area contributed by atoms with E-state index < -0.39 is 48.0 Å². The van der Waals surface area contributed by atoms with E-state index in [-0.39, 0.29) is 29.0 Å². The minimum Gasteiger partial charge on any atom is -0.441 e. The van der Waals surface area contributed by atoms with Gasteiger partial charge in [0.15, 0.2) is 5.78 Å². The molecule has 3 N–H and O–H groups in total. The van der Waals surface area contributed by atoms with Gasteiger partial charge in [-0.3, -0.25) is 14.4 Å². The number of hydrogen-bond donors (Lipinski definition) is 2. The van der Waals surface area contributed by atoms with E-state index in [9.17, 15) is 19.2 Å². The van der Waals surface area contributed by atoms with Crippen LogP contribution in [0.2, 0.25) is 0 Å². The Morgan fingerprint density at radius 3 is 2.20 bits per heavy atom. The van der Waals surface area contributed by atoms with E-state index in [0.717, 1.165) is 11.6 Å². The maximum atomic E-state index is 13.4. The SMILES string of the molecule is CO[C@@H]1[C@@H](OC)C[C@H](C)[C@@H](OC)C2=CC(=O)C=C(NC(=O)C(C)=CC=C[C@H](C)[C@@H](OC(N)=O)C(C)=C[C@@H]1C)C2=O. The number of nitrogens with two attached hydrogens (primary N) is 1. The van der Waals surface area contributed by atoms with Crippen LogP contribution >= 0.6 is 0 Å². The number of hydrogen-bond acceptors (Lipinski definition) is 8. The highest BCUT2D eigenvalue weighted by Crippen LogP contribution is 2.30. The van der Waals surface area contributed by atoms with Gasteiger partial charge in [0, 0.05) is 50.4 Å². The number of ketones is 2. The summed E-state index contributed by atoms with van der Waals surface area (Å²) in [4.78, 5) is 50.5. The first kappa shape index (κ1) is 32.9. The van der Waals surface area contributed by atoms with E-state index >= 15 is 0 Å². The molecule has 2 aliphatic rings. The number of primary amides is 1. The molecule has 0 fully saturated rings. The molecule has 10 nitrogen and oxygen atoms in total. The summed E-state index contributed by atoms with van der Waals surface area (Å²) in [5, 5.41) is 2.56. The third-order valence-electron chi connectivity index (χ3n) is 7.29. The Balaban J connectivity index is 2.62. The molecule has 0 unspecified atom stereocenters. The predicted molar refractivity (Wildman–Crippen MR) is 150 cm³/mol. The van der Waals surface area contributed by atoms with Crippen molar-refractivity contribution in [1.82, 2.24) is 5.32 Å². The van der Waals surface area contributed by atoms with Crippen LogP contribution < -0.4 is 11.1 Å². The summed E-state index contributed by atoms with van der Waals surface area (Å²) in [7, 11) is 4.64. The highest BCUT2D eigenvalue weighted by molar-refractivity contribution is 6.22. The second-order valence-corrected chi connectivity index (χ2v) is 10.4. The molecule has 0 saturated carbocycles. The van der Waals surface area contributed by atoms with E-state index in [1.807, 2.05) is 33.8 Å². The van der Waals surface area contributed by atoms with Crippen molar-refractivity contribution >= 4 is 23.6 Å². The highest BCUT2D eigenvalue weighted by atomic mass is 16.6. The number of nitrogens with one attached hydrogen (secondary N) is 1. The van der Waals surface area contributed by atoms with Gasteiger partial charge in [0.25, 0.3) is 5.91 Å². The van der Waals surface area contributed by atoms with E-state index in [1.165, 1.54) is 13.2 Å². The molecule has 2 amide bonds. The van der Waals surface area contributed by atoms with Crippen LogP contribution in [0.25, 0.3) is 0 Å². The van der Waals surface area contributed by atoms with Crippen LogP contribution in [0.4, 0.5) is 4.79 Å². The molecule has 0 saturated heterocycles. The Labute approximate surface area is 236 Å². The zero-order valence-corrected chi connectivity index (χ0v) is 24.6. The van der Waals surface area contributed by atoms with Gasteiger partial charge in [0.1, 0.15) is 6.10 Å². The lowest BCUT2D eigenvalue weighted by Crippen LogP contribution is -2.40. The van der Waals surface area contributed by atoms with Crippen molar-refractivity contribution < 1.29 is 38.1 Å². The topological polar surface area (TPSA) is 143 Å². The Kier molecular flexibility index (Phi) is 12.2. The monoisotopic (exact) mass is 558 g/mol. The summed E-state index contributed by atoms with van der Waals surface area (Å²) in [6.45, 7) is 9.17. The lowest BCUT2D eigenvalue weighted by molar-refractivity contribution is -0.120. The van der Waals surface area contributed by atoms with Crippen LogP contribution in [0.1, 0.15) is 41.0 Å². The summed E-state index contributed by atoms with van der Waals surface area (Å²) in [5.41, 5.74) is 6.49. The van der Waals surface area contributed by atoms with Crippen molar-refractivity contribution in [3.8, 4) is 0 Å². The van der Waals surface area contributed by atoms with Crippen molar-refractivity contribution in [1.29, 1.82) is 0 Å². The zero-order chi connectivity index (χ0) is 30.1. The van der Waals surface area contributed by atoms with E-state index in [0.29, 0.717) is 12.0 Å². The molecule has 0 aromatic rings. The first-order valence-electron chi connectivity index (χ1n) is 13.3. The van der Waals surface area contributed by atoms with Gasteiger partial charge in [-0.1, -0.05) is 45.1 Å². The molecule has 0 radical (unpaired) electrons. The maximum Gasteiger partial charge on any atom is 0.405 e. The largest absolute Gasteiger partial charge is 0.441 e. The molecular weight excluding hydrogens is 516 g/mol. The van der Waals surface area contributed by atoms with Crippen LogP contribution in [0.3, 0.4) is 0 Å². The van der Waals surface area contributed by atoms with Crippen molar-refractivity contribution in [3.63, 3.8) is 0 Å². The van der Waals surface area contributed by atoms with Gasteiger partial charge in [-0.2, -0.15) is 0 Å². The van der Waals surface area contributed by atoms with Gasteiger partial charge in [-0.25, -0.2) is 4.79 Å². The van der Waals surface area contributed by atoms with Gasteiger partial charge >= 0.3 is 6.09 Å². The number of Topliss-reactive ketones (excluding diaryl/α,β-unsaturated/α-hetero) is 1. The third-order valence-corrected chi connectivity index (χ3v) is 7.29. The lowest BCUT2D eigenvalue weighted by atomic mass is 9.83. The van der Waals surface area contributed by atoms with Gasteiger partial charge in [-0.05, 0) is 37.8 Å². The fraction of sp³-hybridized carbons (Fsp3) is 0.533. The molecule has 1 heterocycles. The van der Waals surface area contributed by atoms with Gasteiger partial charge in [0.2, 0.25) is 5.78 Å². The molecule has 7 atom stereocenters. The zero-order valence-electron chi connectivity index (χ0n) is 24.6. The summed E-state index contributed by atoms with van der Waals surface area (Å²) in [6.07, 6.45) is 6.65. The molecule has 2 bridgehead atoms. The quantitative estimate of drug-likeness (QED) is 0.395. The normalized spacial score (nSPS) is 31.0. The first-order valence-corrected chi connectivity index (χ1v) is 13.3. The van der Waals surface area contributed by atoms with E-state index in [4.69, 9.17) is 24.7 Å². The average Bonchev–Trinajstić information content (AvgIpc) is 2.88. The molecule has 2 rings (SSSR count). The number of allylic oxidation sites excluding steroid dienone is 5. The van der Waals surface area contributed by atoms with Crippen LogP contribution in [-0.4, -0.2) is 69.3 Å². The molecular formula is C30H42N2O8. The molecule has 220 valence electrons. The minimum absolute atomic E-state index is 0.119. The van der Waals surface area contributed by atoms with Crippen LogP contribution in [-0.2, 0) is 33.3 Å². The maximum absolute atomic E-state index is 13.4. The van der Waals surface area contributed by atoms with Gasteiger partial charge in [0.05, 0.1) is 24.0 Å². The van der Waals surface area contributed by atoms with Crippen LogP contribution in [0.5, 0.6) is 0 Å². The number of ether oxygens (including phenoxy) is 4. The molecule has 0 aromatic heterocycles.